The molecule has 1 aliphatic rings. The van der Waals surface area contributed by atoms with E-state index in [4.69, 9.17) is 5.26 Å². The van der Waals surface area contributed by atoms with Crippen LogP contribution in [0.4, 0.5) is 0 Å². The minimum atomic E-state index is -0.107. The molecule has 1 N–H and O–H groups in total. The van der Waals surface area contributed by atoms with Crippen molar-refractivity contribution in [1.29, 1.82) is 5.26 Å². The predicted molar refractivity (Wildman–Crippen MR) is 71.9 cm³/mol. The van der Waals surface area contributed by atoms with Gasteiger partial charge >= 0.3 is 0 Å². The molecule has 0 aromatic rings. The van der Waals surface area contributed by atoms with Gasteiger partial charge in [0.15, 0.2) is 0 Å². The highest BCUT2D eigenvalue weighted by molar-refractivity contribution is 5.82. The van der Waals surface area contributed by atoms with Crippen LogP contribution in [0.25, 0.3) is 0 Å². The van der Waals surface area contributed by atoms with Gasteiger partial charge in [-0.3, -0.25) is 4.79 Å². The average molecular weight is 251 g/mol. The predicted octanol–water partition coefficient (Wildman–Crippen LogP) is 1.92. The van der Waals surface area contributed by atoms with Gasteiger partial charge in [0.1, 0.15) is 0 Å². The van der Waals surface area contributed by atoms with Crippen molar-refractivity contribution >= 4 is 5.91 Å². The second-order valence-electron chi connectivity index (χ2n) is 6.45. The van der Waals surface area contributed by atoms with Crippen LogP contribution in [0.3, 0.4) is 0 Å². The lowest BCUT2D eigenvalue weighted by atomic mass is 9.93. The lowest BCUT2D eigenvalue weighted by molar-refractivity contribution is -0.137. The topological polar surface area (TPSA) is 56.1 Å². The Bertz CT molecular complexity index is 327. The van der Waals surface area contributed by atoms with Crippen molar-refractivity contribution in [1.82, 2.24) is 10.2 Å². The van der Waals surface area contributed by atoms with Crippen LogP contribution in [-0.4, -0.2) is 36.0 Å². The van der Waals surface area contributed by atoms with Crippen LogP contribution < -0.4 is 5.32 Å². The number of nitriles is 1. The van der Waals surface area contributed by atoms with Gasteiger partial charge in [-0.05, 0) is 25.2 Å². The number of nitrogens with zero attached hydrogens (tertiary/aromatic N) is 2. The van der Waals surface area contributed by atoms with Gasteiger partial charge in [-0.25, -0.2) is 0 Å². The Labute approximate surface area is 110 Å². The SMILES string of the molecule is CC(CC#N)NC1CCCN(CC(C)(C)C)C1=O. The molecule has 2 atom stereocenters. The van der Waals surface area contributed by atoms with E-state index in [9.17, 15) is 4.79 Å². The fraction of sp³-hybridized carbons (Fsp3) is 0.857. The van der Waals surface area contributed by atoms with Gasteiger partial charge in [-0.1, -0.05) is 20.8 Å². The third-order valence-electron chi connectivity index (χ3n) is 3.08. The zero-order valence-electron chi connectivity index (χ0n) is 12.0. The Hall–Kier alpha value is -1.08. The van der Waals surface area contributed by atoms with Gasteiger partial charge in [0.2, 0.25) is 5.91 Å². The van der Waals surface area contributed by atoms with Crippen molar-refractivity contribution in [2.45, 2.75) is 59.0 Å². The lowest BCUT2D eigenvalue weighted by Gasteiger charge is -2.37. The third-order valence-corrected chi connectivity index (χ3v) is 3.08. The van der Waals surface area contributed by atoms with E-state index in [0.717, 1.165) is 25.9 Å². The van der Waals surface area contributed by atoms with Crippen molar-refractivity contribution in [2.75, 3.05) is 13.1 Å². The molecule has 0 spiro atoms. The van der Waals surface area contributed by atoms with E-state index in [2.05, 4.69) is 32.2 Å². The Morgan fingerprint density at radius 3 is 2.78 bits per heavy atom. The first-order valence-corrected chi connectivity index (χ1v) is 6.75. The van der Waals surface area contributed by atoms with Crippen LogP contribution in [0.15, 0.2) is 0 Å². The molecule has 1 saturated heterocycles. The highest BCUT2D eigenvalue weighted by atomic mass is 16.2. The maximum absolute atomic E-state index is 12.3. The zero-order chi connectivity index (χ0) is 13.8. The minimum Gasteiger partial charge on any atom is -0.341 e. The summed E-state index contributed by atoms with van der Waals surface area (Å²) in [6.45, 7) is 10.1. The second kappa shape index (κ2) is 6.19. The molecule has 0 radical (unpaired) electrons. The quantitative estimate of drug-likeness (QED) is 0.830. The maximum atomic E-state index is 12.3. The summed E-state index contributed by atoms with van der Waals surface area (Å²) in [6, 6.07) is 2.11. The van der Waals surface area contributed by atoms with Crippen LogP contribution in [0.2, 0.25) is 0 Å². The summed E-state index contributed by atoms with van der Waals surface area (Å²) in [5, 5.41) is 11.9. The second-order valence-corrected chi connectivity index (χ2v) is 6.45. The number of hydrogen-bond acceptors (Lipinski definition) is 3. The average Bonchev–Trinajstić information content (AvgIpc) is 2.22. The number of carbonyl (C=O) groups is 1. The van der Waals surface area contributed by atoms with Crippen molar-refractivity contribution < 1.29 is 4.79 Å². The molecule has 0 aromatic carbocycles. The summed E-state index contributed by atoms with van der Waals surface area (Å²) in [4.78, 5) is 14.3. The molecule has 1 amide bonds. The number of rotatable bonds is 4. The molecule has 1 rings (SSSR count). The van der Waals surface area contributed by atoms with Crippen LogP contribution >= 0.6 is 0 Å². The van der Waals surface area contributed by atoms with Gasteiger partial charge < -0.3 is 10.2 Å². The summed E-state index contributed by atoms with van der Waals surface area (Å²) in [5.41, 5.74) is 0.135. The smallest absolute Gasteiger partial charge is 0.239 e. The number of amides is 1. The number of carbonyl (C=O) groups excluding carboxylic acids is 1. The third kappa shape index (κ3) is 4.66. The largest absolute Gasteiger partial charge is 0.341 e. The van der Waals surface area contributed by atoms with Crippen LogP contribution in [-0.2, 0) is 4.79 Å². The van der Waals surface area contributed by atoms with E-state index < -0.39 is 0 Å². The van der Waals surface area contributed by atoms with Gasteiger partial charge in [0, 0.05) is 19.1 Å². The van der Waals surface area contributed by atoms with Crippen LogP contribution in [0.5, 0.6) is 0 Å². The first kappa shape index (κ1) is 15.0. The van der Waals surface area contributed by atoms with Gasteiger partial charge in [0.05, 0.1) is 18.5 Å². The molecular weight excluding hydrogens is 226 g/mol. The van der Waals surface area contributed by atoms with Gasteiger partial charge in [-0.15, -0.1) is 0 Å². The summed E-state index contributed by atoms with van der Waals surface area (Å²) in [7, 11) is 0. The summed E-state index contributed by atoms with van der Waals surface area (Å²) in [5.74, 6) is 0.195. The van der Waals surface area contributed by atoms with Crippen molar-refractivity contribution in [3.63, 3.8) is 0 Å². The molecule has 18 heavy (non-hydrogen) atoms. The molecule has 0 bridgehead atoms. The monoisotopic (exact) mass is 251 g/mol. The molecule has 0 saturated carbocycles. The van der Waals surface area contributed by atoms with Gasteiger partial charge in [0.25, 0.3) is 0 Å². The Morgan fingerprint density at radius 1 is 1.56 bits per heavy atom. The van der Waals surface area contributed by atoms with Crippen molar-refractivity contribution in [3.05, 3.63) is 0 Å². The summed E-state index contributed by atoms with van der Waals surface area (Å²) in [6.07, 6.45) is 2.37. The molecule has 1 fully saturated rings. The molecule has 2 unspecified atom stereocenters. The Kier molecular flexibility index (Phi) is 5.15. The highest BCUT2D eigenvalue weighted by Crippen LogP contribution is 2.20. The molecule has 0 aliphatic carbocycles. The molecule has 102 valence electrons. The van der Waals surface area contributed by atoms with Crippen LogP contribution in [0.1, 0.15) is 47.0 Å². The molecule has 0 aromatic heterocycles. The van der Waals surface area contributed by atoms with Crippen LogP contribution in [0, 0.1) is 16.7 Å². The van der Waals surface area contributed by atoms with Gasteiger partial charge in [-0.2, -0.15) is 5.26 Å². The molecule has 1 heterocycles. The zero-order valence-corrected chi connectivity index (χ0v) is 12.0. The number of piperidine rings is 1. The van der Waals surface area contributed by atoms with E-state index in [1.54, 1.807) is 0 Å². The van der Waals surface area contributed by atoms with E-state index >= 15 is 0 Å². The Balaban J connectivity index is 2.56. The first-order valence-electron chi connectivity index (χ1n) is 6.75. The lowest BCUT2D eigenvalue weighted by Crippen LogP contribution is -2.54. The highest BCUT2D eigenvalue weighted by Gasteiger charge is 2.31. The van der Waals surface area contributed by atoms with Crippen molar-refractivity contribution in [2.24, 2.45) is 5.41 Å². The summed E-state index contributed by atoms with van der Waals surface area (Å²) < 4.78 is 0. The fourth-order valence-electron chi connectivity index (χ4n) is 2.36. The van der Waals surface area contributed by atoms with E-state index in [1.807, 2.05) is 11.8 Å². The normalized spacial score (nSPS) is 22.7. The summed E-state index contributed by atoms with van der Waals surface area (Å²) >= 11 is 0. The minimum absolute atomic E-state index is 0.0820. The van der Waals surface area contributed by atoms with E-state index in [-0.39, 0.29) is 23.4 Å². The van der Waals surface area contributed by atoms with Crippen molar-refractivity contribution in [3.8, 4) is 6.07 Å². The standard InChI is InChI=1S/C14H25N3O/c1-11(7-8-15)16-12-6-5-9-17(13(12)18)10-14(2,3)4/h11-12,16H,5-7,9-10H2,1-4H3. The first-order chi connectivity index (χ1) is 8.33. The molecular formula is C14H25N3O. The number of nitrogens with one attached hydrogen (secondary N) is 1. The number of likely N-dealkylation sites (tertiary alicyclic amines) is 1. The maximum Gasteiger partial charge on any atom is 0.239 e. The van der Waals surface area contributed by atoms with E-state index in [0.29, 0.717) is 6.42 Å². The molecule has 4 heteroatoms. The van der Waals surface area contributed by atoms with E-state index in [1.165, 1.54) is 0 Å². The molecule has 1 aliphatic heterocycles. The number of hydrogen-bond donors (Lipinski definition) is 1. The Morgan fingerprint density at radius 2 is 2.22 bits per heavy atom. The fourth-order valence-corrected chi connectivity index (χ4v) is 2.36. The molecule has 4 nitrogen and oxygen atoms in total.